The number of carbonyl (C=O) groups excluding carboxylic acids is 3. The molecular formula is C21H20N4O6S. The first-order valence-corrected chi connectivity index (χ1v) is 10.9. The van der Waals surface area contributed by atoms with Crippen LogP contribution >= 0.6 is 11.8 Å². The summed E-state index contributed by atoms with van der Waals surface area (Å²) in [7, 11) is 0. The van der Waals surface area contributed by atoms with Crippen molar-refractivity contribution >= 4 is 46.6 Å². The lowest BCUT2D eigenvalue weighted by molar-refractivity contribution is -0.384. The number of nitrogens with zero attached hydrogens (tertiary/aromatic N) is 3. The van der Waals surface area contributed by atoms with Crippen molar-refractivity contribution in [3.63, 3.8) is 0 Å². The molecule has 0 aliphatic carbocycles. The molecule has 2 amide bonds. The first-order valence-electron chi connectivity index (χ1n) is 9.92. The minimum absolute atomic E-state index is 0.0319. The first kappa shape index (κ1) is 21.6. The van der Waals surface area contributed by atoms with Gasteiger partial charge in [-0.25, -0.2) is 4.79 Å². The molecule has 0 bridgehead atoms. The number of piperazine rings is 1. The van der Waals surface area contributed by atoms with E-state index in [4.69, 9.17) is 4.74 Å². The van der Waals surface area contributed by atoms with Crippen LogP contribution in [-0.4, -0.2) is 66.1 Å². The minimum atomic E-state index is -0.629. The number of nitrogens with one attached hydrogen (secondary N) is 1. The normalized spacial score (nSPS) is 15.6. The summed E-state index contributed by atoms with van der Waals surface area (Å²) in [6, 6.07) is 11.2. The van der Waals surface area contributed by atoms with Crippen LogP contribution in [-0.2, 0) is 14.3 Å². The van der Waals surface area contributed by atoms with E-state index in [9.17, 15) is 24.5 Å². The van der Waals surface area contributed by atoms with Crippen LogP contribution in [0.1, 0.15) is 10.4 Å². The van der Waals surface area contributed by atoms with E-state index in [2.05, 4.69) is 5.32 Å². The minimum Gasteiger partial charge on any atom is -0.452 e. The van der Waals surface area contributed by atoms with Crippen LogP contribution in [0.25, 0.3) is 0 Å². The maximum absolute atomic E-state index is 12.5. The van der Waals surface area contributed by atoms with E-state index in [1.54, 1.807) is 35.2 Å². The molecule has 32 heavy (non-hydrogen) atoms. The number of fused-ring (bicyclic) bond motifs is 1. The molecule has 2 aliphatic heterocycles. The molecule has 1 fully saturated rings. The van der Waals surface area contributed by atoms with Gasteiger partial charge in [-0.1, -0.05) is 0 Å². The Labute approximate surface area is 187 Å². The van der Waals surface area contributed by atoms with Crippen molar-refractivity contribution in [2.75, 3.05) is 48.8 Å². The summed E-state index contributed by atoms with van der Waals surface area (Å²) in [4.78, 5) is 51.2. The number of benzene rings is 2. The number of amides is 2. The maximum Gasteiger partial charge on any atom is 0.338 e. The number of ether oxygens (including phenoxy) is 1. The molecule has 0 aromatic heterocycles. The molecule has 2 aliphatic rings. The summed E-state index contributed by atoms with van der Waals surface area (Å²) < 4.78 is 5.18. The number of hydrogen-bond donors (Lipinski definition) is 1. The highest BCUT2D eigenvalue weighted by molar-refractivity contribution is 8.00. The van der Waals surface area contributed by atoms with E-state index < -0.39 is 10.9 Å². The number of nitro benzene ring substituents is 1. The molecule has 0 radical (unpaired) electrons. The number of hydrogen-bond acceptors (Lipinski definition) is 8. The molecule has 2 aromatic rings. The lowest BCUT2D eigenvalue weighted by atomic mass is 10.2. The molecule has 0 saturated carbocycles. The highest BCUT2D eigenvalue weighted by Crippen LogP contribution is 2.32. The zero-order valence-corrected chi connectivity index (χ0v) is 17.8. The predicted octanol–water partition coefficient (Wildman–Crippen LogP) is 2.14. The van der Waals surface area contributed by atoms with Crippen molar-refractivity contribution in [1.29, 1.82) is 0 Å². The molecule has 1 saturated heterocycles. The number of anilines is 2. The third-order valence-corrected chi connectivity index (χ3v) is 6.31. The van der Waals surface area contributed by atoms with E-state index in [0.717, 1.165) is 10.6 Å². The van der Waals surface area contributed by atoms with Gasteiger partial charge in [0.15, 0.2) is 6.61 Å². The van der Waals surface area contributed by atoms with Gasteiger partial charge in [0, 0.05) is 48.9 Å². The Morgan fingerprint density at radius 1 is 1.09 bits per heavy atom. The number of thioether (sulfide) groups is 1. The second kappa shape index (κ2) is 9.27. The smallest absolute Gasteiger partial charge is 0.338 e. The molecule has 10 nitrogen and oxygen atoms in total. The van der Waals surface area contributed by atoms with Gasteiger partial charge < -0.3 is 19.9 Å². The fraction of sp³-hybridized carbons (Fsp3) is 0.286. The number of carbonyl (C=O) groups is 3. The SMILES string of the molecule is O=C1CSc2ccc(C(=O)OCC(=O)N3CCN(c4ccc([N+](=O)[O-])cc4)CC3)cc2N1. The molecule has 11 heteroatoms. The average Bonchev–Trinajstić information content (AvgIpc) is 2.82. The van der Waals surface area contributed by atoms with Gasteiger partial charge in [0.2, 0.25) is 5.91 Å². The summed E-state index contributed by atoms with van der Waals surface area (Å²) in [5.41, 5.74) is 1.72. The molecule has 1 N–H and O–H groups in total. The lowest BCUT2D eigenvalue weighted by Crippen LogP contribution is -2.49. The van der Waals surface area contributed by atoms with Gasteiger partial charge in [0.1, 0.15) is 0 Å². The van der Waals surface area contributed by atoms with Gasteiger partial charge in [-0.05, 0) is 30.3 Å². The molecule has 0 unspecified atom stereocenters. The molecule has 0 spiro atoms. The number of esters is 1. The van der Waals surface area contributed by atoms with Crippen molar-refractivity contribution < 1.29 is 24.0 Å². The van der Waals surface area contributed by atoms with Crippen LogP contribution in [0, 0.1) is 10.1 Å². The Morgan fingerprint density at radius 3 is 2.50 bits per heavy atom. The molecule has 4 rings (SSSR count). The Hall–Kier alpha value is -3.60. The van der Waals surface area contributed by atoms with Gasteiger partial charge >= 0.3 is 5.97 Å². The van der Waals surface area contributed by atoms with Crippen LogP contribution in [0.15, 0.2) is 47.4 Å². The number of rotatable bonds is 5. The highest BCUT2D eigenvalue weighted by Gasteiger charge is 2.23. The van der Waals surface area contributed by atoms with Crippen molar-refractivity contribution in [2.24, 2.45) is 0 Å². The maximum atomic E-state index is 12.5. The summed E-state index contributed by atoms with van der Waals surface area (Å²) in [6.07, 6.45) is 0. The van der Waals surface area contributed by atoms with Crippen LogP contribution < -0.4 is 10.2 Å². The molecular weight excluding hydrogens is 436 g/mol. The van der Waals surface area contributed by atoms with Gasteiger partial charge in [-0.3, -0.25) is 19.7 Å². The van der Waals surface area contributed by atoms with Crippen LogP contribution in [0.4, 0.5) is 17.1 Å². The fourth-order valence-corrected chi connectivity index (χ4v) is 4.30. The summed E-state index contributed by atoms with van der Waals surface area (Å²) in [6.45, 7) is 1.68. The van der Waals surface area contributed by atoms with Gasteiger partial charge in [0.05, 0.1) is 21.9 Å². The first-order chi connectivity index (χ1) is 15.4. The Bertz CT molecular complexity index is 1070. The Morgan fingerprint density at radius 2 is 1.81 bits per heavy atom. The lowest BCUT2D eigenvalue weighted by Gasteiger charge is -2.36. The topological polar surface area (TPSA) is 122 Å². The zero-order chi connectivity index (χ0) is 22.7. The van der Waals surface area contributed by atoms with Crippen molar-refractivity contribution in [3.8, 4) is 0 Å². The third kappa shape index (κ3) is 4.83. The second-order valence-electron chi connectivity index (χ2n) is 7.27. The molecule has 0 atom stereocenters. The Balaban J connectivity index is 1.27. The summed E-state index contributed by atoms with van der Waals surface area (Å²) in [5.74, 6) is -0.710. The standard InChI is InChI=1S/C21H20N4O6S/c26-19-13-32-18-6-1-14(11-17(18)22-19)21(28)31-12-20(27)24-9-7-23(8-10-24)15-2-4-16(5-3-15)25(29)30/h1-6,11H,7-10,12-13H2,(H,22,26). The quantitative estimate of drug-likeness (QED) is 0.413. The zero-order valence-electron chi connectivity index (χ0n) is 17.0. The monoisotopic (exact) mass is 456 g/mol. The van der Waals surface area contributed by atoms with Gasteiger partial charge in [0.25, 0.3) is 11.6 Å². The Kier molecular flexibility index (Phi) is 6.26. The summed E-state index contributed by atoms with van der Waals surface area (Å²) >= 11 is 1.40. The van der Waals surface area contributed by atoms with Crippen LogP contribution in [0.2, 0.25) is 0 Å². The van der Waals surface area contributed by atoms with Gasteiger partial charge in [-0.2, -0.15) is 0 Å². The van der Waals surface area contributed by atoms with Crippen LogP contribution in [0.5, 0.6) is 0 Å². The van der Waals surface area contributed by atoms with Crippen molar-refractivity contribution in [2.45, 2.75) is 4.90 Å². The van der Waals surface area contributed by atoms with E-state index >= 15 is 0 Å². The number of nitro groups is 1. The third-order valence-electron chi connectivity index (χ3n) is 5.23. The van der Waals surface area contributed by atoms with Crippen molar-refractivity contribution in [3.05, 3.63) is 58.1 Å². The predicted molar refractivity (Wildman–Crippen MR) is 118 cm³/mol. The fourth-order valence-electron chi connectivity index (χ4n) is 3.51. The largest absolute Gasteiger partial charge is 0.452 e. The summed E-state index contributed by atoms with van der Waals surface area (Å²) in [5, 5.41) is 13.5. The second-order valence-corrected chi connectivity index (χ2v) is 8.28. The number of non-ortho nitro benzene ring substituents is 1. The van der Waals surface area contributed by atoms with Crippen LogP contribution in [0.3, 0.4) is 0 Å². The van der Waals surface area contributed by atoms with Crippen molar-refractivity contribution in [1.82, 2.24) is 4.90 Å². The van der Waals surface area contributed by atoms with E-state index in [-0.39, 0.29) is 29.7 Å². The molecule has 166 valence electrons. The highest BCUT2D eigenvalue weighted by atomic mass is 32.2. The van der Waals surface area contributed by atoms with E-state index in [1.165, 1.54) is 23.9 Å². The van der Waals surface area contributed by atoms with Gasteiger partial charge in [-0.15, -0.1) is 11.8 Å². The molecule has 2 aromatic carbocycles. The van der Waals surface area contributed by atoms with E-state index in [1.807, 2.05) is 4.90 Å². The molecule has 2 heterocycles. The average molecular weight is 456 g/mol. The van der Waals surface area contributed by atoms with E-state index in [0.29, 0.717) is 37.6 Å².